The lowest BCUT2D eigenvalue weighted by atomic mass is 9.73. The van der Waals surface area contributed by atoms with E-state index in [9.17, 15) is 0 Å². The van der Waals surface area contributed by atoms with E-state index in [1.54, 1.807) is 5.56 Å². The molecule has 0 amide bonds. The van der Waals surface area contributed by atoms with E-state index in [1.807, 2.05) is 0 Å². The number of aryl methyl sites for hydroxylation is 2. The van der Waals surface area contributed by atoms with Gasteiger partial charge >= 0.3 is 8.53 Å². The van der Waals surface area contributed by atoms with Crippen LogP contribution in [0.5, 0.6) is 5.75 Å². The fourth-order valence-electron chi connectivity index (χ4n) is 4.84. The molecule has 1 heterocycles. The molecule has 0 fully saturated rings. The van der Waals surface area contributed by atoms with Gasteiger partial charge in [0.25, 0.3) is 0 Å². The van der Waals surface area contributed by atoms with Gasteiger partial charge in [0.15, 0.2) is 0 Å². The monoisotopic (exact) mass is 367 g/mol. The summed E-state index contributed by atoms with van der Waals surface area (Å²) >= 11 is 0. The van der Waals surface area contributed by atoms with Crippen molar-refractivity contribution < 1.29 is 9.05 Å². The van der Waals surface area contributed by atoms with E-state index in [1.165, 1.54) is 47.9 Å². The van der Waals surface area contributed by atoms with Crippen molar-refractivity contribution in [2.24, 2.45) is 0 Å². The first-order chi connectivity index (χ1) is 12.7. The van der Waals surface area contributed by atoms with Crippen molar-refractivity contribution in [2.45, 2.75) is 50.5 Å². The van der Waals surface area contributed by atoms with Crippen molar-refractivity contribution in [1.29, 1.82) is 0 Å². The number of nitrogens with zero attached hydrogens (tertiary/aromatic N) is 1. The Hall–Kier alpha value is -1.41. The summed E-state index contributed by atoms with van der Waals surface area (Å²) in [5, 5.41) is 0. The first kappa shape index (κ1) is 16.7. The lowest BCUT2D eigenvalue weighted by Gasteiger charge is -2.34. The number of benzene rings is 2. The van der Waals surface area contributed by atoms with E-state index >= 15 is 0 Å². The summed E-state index contributed by atoms with van der Waals surface area (Å²) in [5.41, 5.74) is 7.42. The van der Waals surface area contributed by atoms with Gasteiger partial charge in [0, 0.05) is 11.5 Å². The average molecular weight is 367 g/mol. The summed E-state index contributed by atoms with van der Waals surface area (Å²) in [4.78, 5) is 0. The molecule has 136 valence electrons. The van der Waals surface area contributed by atoms with Gasteiger partial charge in [-0.1, -0.05) is 30.3 Å². The lowest BCUT2D eigenvalue weighted by molar-refractivity contribution is 0.164. The fraction of sp³-hybridized carbons (Fsp3) is 0.455. The van der Waals surface area contributed by atoms with Crippen LogP contribution in [0.25, 0.3) is 0 Å². The minimum absolute atomic E-state index is 0.202. The van der Waals surface area contributed by atoms with Gasteiger partial charge in [-0.05, 0) is 80.9 Å². The van der Waals surface area contributed by atoms with Gasteiger partial charge in [0.2, 0.25) is 0 Å². The molecular weight excluding hydrogens is 341 g/mol. The molecule has 26 heavy (non-hydrogen) atoms. The van der Waals surface area contributed by atoms with Gasteiger partial charge in [0.1, 0.15) is 5.75 Å². The van der Waals surface area contributed by atoms with Crippen molar-refractivity contribution in [1.82, 2.24) is 4.67 Å². The number of hydrogen-bond donors (Lipinski definition) is 0. The van der Waals surface area contributed by atoms with E-state index in [0.717, 1.165) is 18.6 Å². The molecule has 2 aromatic rings. The first-order valence-corrected chi connectivity index (χ1v) is 10.9. The summed E-state index contributed by atoms with van der Waals surface area (Å²) in [6, 6.07) is 13.5. The second kappa shape index (κ2) is 6.64. The van der Waals surface area contributed by atoms with Crippen molar-refractivity contribution in [3.63, 3.8) is 0 Å². The largest absolute Gasteiger partial charge is 0.435 e. The van der Waals surface area contributed by atoms with Crippen LogP contribution in [0.1, 0.15) is 53.0 Å². The molecule has 2 aliphatic carbocycles. The summed E-state index contributed by atoms with van der Waals surface area (Å²) in [6.45, 7) is 0. The van der Waals surface area contributed by atoms with Crippen LogP contribution < -0.4 is 4.52 Å². The van der Waals surface area contributed by atoms with E-state index in [2.05, 4.69) is 55.2 Å². The quantitative estimate of drug-likeness (QED) is 0.646. The Morgan fingerprint density at radius 3 is 2.69 bits per heavy atom. The SMILES string of the molecule is CN(C)P1Oc2ccc3c(c2[C@@H]2c4ccccc4CCC2O1)CCCC3. The number of fused-ring (bicyclic) bond motifs is 7. The Morgan fingerprint density at radius 1 is 0.962 bits per heavy atom. The Balaban J connectivity index is 1.73. The third-order valence-corrected chi connectivity index (χ3v) is 7.49. The van der Waals surface area contributed by atoms with Gasteiger partial charge in [0.05, 0.1) is 6.10 Å². The summed E-state index contributed by atoms with van der Waals surface area (Å²) in [6.07, 6.45) is 7.33. The maximum Gasteiger partial charge on any atom is 0.320 e. The van der Waals surface area contributed by atoms with Crippen LogP contribution in [0, 0.1) is 0 Å². The molecule has 2 aromatic carbocycles. The molecule has 2 unspecified atom stereocenters. The normalized spacial score (nSPS) is 26.8. The zero-order valence-electron chi connectivity index (χ0n) is 15.6. The molecule has 0 radical (unpaired) electrons. The predicted octanol–water partition coefficient (Wildman–Crippen LogP) is 5.21. The average Bonchev–Trinajstić information content (AvgIpc) is 2.85. The van der Waals surface area contributed by atoms with Crippen LogP contribution in [0.2, 0.25) is 0 Å². The summed E-state index contributed by atoms with van der Waals surface area (Å²) in [5.74, 6) is 1.35. The minimum Gasteiger partial charge on any atom is -0.435 e. The van der Waals surface area contributed by atoms with Crippen LogP contribution in [-0.4, -0.2) is 24.9 Å². The highest BCUT2D eigenvalue weighted by Crippen LogP contribution is 2.55. The zero-order chi connectivity index (χ0) is 17.7. The molecule has 3 aliphatic rings. The molecule has 3 nitrogen and oxygen atoms in total. The highest BCUT2D eigenvalue weighted by Gasteiger charge is 2.41. The Labute approximate surface area is 157 Å². The second-order valence-corrected chi connectivity index (χ2v) is 9.53. The van der Waals surface area contributed by atoms with Crippen molar-refractivity contribution in [2.75, 3.05) is 14.1 Å². The molecule has 0 saturated heterocycles. The van der Waals surface area contributed by atoms with E-state index in [-0.39, 0.29) is 6.10 Å². The maximum absolute atomic E-state index is 6.58. The van der Waals surface area contributed by atoms with Gasteiger partial charge in [-0.3, -0.25) is 0 Å². The Morgan fingerprint density at radius 2 is 1.81 bits per heavy atom. The highest BCUT2D eigenvalue weighted by atomic mass is 31.2. The van der Waals surface area contributed by atoms with Crippen LogP contribution in [-0.2, 0) is 23.8 Å². The molecule has 0 saturated carbocycles. The molecule has 0 spiro atoms. The fourth-order valence-corrected chi connectivity index (χ4v) is 6.02. The van der Waals surface area contributed by atoms with Gasteiger partial charge in [-0.25, -0.2) is 4.67 Å². The Bertz CT molecular complexity index is 835. The molecule has 0 aromatic heterocycles. The molecule has 0 N–H and O–H groups in total. The Kier molecular flexibility index (Phi) is 4.27. The van der Waals surface area contributed by atoms with Crippen LogP contribution in [0.3, 0.4) is 0 Å². The molecule has 0 bridgehead atoms. The third kappa shape index (κ3) is 2.69. The summed E-state index contributed by atoms with van der Waals surface area (Å²) < 4.78 is 15.1. The molecule has 5 rings (SSSR count). The molecule has 1 aliphatic heterocycles. The van der Waals surface area contributed by atoms with Crippen molar-refractivity contribution >= 4 is 8.53 Å². The van der Waals surface area contributed by atoms with E-state index < -0.39 is 8.53 Å². The van der Waals surface area contributed by atoms with Crippen LogP contribution in [0.15, 0.2) is 36.4 Å². The third-order valence-electron chi connectivity index (χ3n) is 6.04. The number of hydrogen-bond acceptors (Lipinski definition) is 3. The zero-order valence-corrected chi connectivity index (χ0v) is 16.5. The van der Waals surface area contributed by atoms with Gasteiger partial charge in [-0.15, -0.1) is 0 Å². The first-order valence-electron chi connectivity index (χ1n) is 9.77. The molecular formula is C22H26NO2P. The lowest BCUT2D eigenvalue weighted by Crippen LogP contribution is -2.29. The van der Waals surface area contributed by atoms with Gasteiger partial charge in [-0.2, -0.15) is 0 Å². The standard InChI is InChI=1S/C22H26NO2P/c1-23(2)26-24-19-13-11-15-7-3-5-9-17(15)21(19)22-18-10-6-4-8-16(18)12-14-20(22)25-26/h3,5,7,9,12,14,19,21H,4,6,8,10-11,13H2,1-2H3/t19?,21-,26?/m1/s1. The van der Waals surface area contributed by atoms with Crippen LogP contribution in [0.4, 0.5) is 0 Å². The van der Waals surface area contributed by atoms with Crippen molar-refractivity contribution in [3.8, 4) is 5.75 Å². The smallest absolute Gasteiger partial charge is 0.320 e. The number of rotatable bonds is 1. The molecule has 3 atom stereocenters. The maximum atomic E-state index is 6.58. The van der Waals surface area contributed by atoms with Crippen LogP contribution >= 0.6 is 8.53 Å². The van der Waals surface area contributed by atoms with E-state index in [4.69, 9.17) is 9.05 Å². The topological polar surface area (TPSA) is 21.7 Å². The second-order valence-electron chi connectivity index (χ2n) is 7.86. The highest BCUT2D eigenvalue weighted by molar-refractivity contribution is 7.45. The predicted molar refractivity (Wildman–Crippen MR) is 106 cm³/mol. The minimum atomic E-state index is -1.06. The van der Waals surface area contributed by atoms with E-state index in [0.29, 0.717) is 5.92 Å². The summed E-state index contributed by atoms with van der Waals surface area (Å²) in [7, 11) is 3.06. The van der Waals surface area contributed by atoms with Gasteiger partial charge < -0.3 is 9.05 Å². The van der Waals surface area contributed by atoms with Crippen molar-refractivity contribution in [3.05, 3.63) is 64.2 Å². The molecule has 4 heteroatoms.